The topological polar surface area (TPSA) is 49.3 Å². The van der Waals surface area contributed by atoms with Crippen molar-refractivity contribution in [2.24, 2.45) is 10.8 Å². The van der Waals surface area contributed by atoms with E-state index in [1.165, 1.54) is 44.9 Å². The highest BCUT2D eigenvalue weighted by Crippen LogP contribution is 2.51. The molecule has 0 aliphatic heterocycles. The summed E-state index contributed by atoms with van der Waals surface area (Å²) in [6.07, 6.45) is 11.0. The molecule has 2 saturated carbocycles. The molecular formula is C16H29NO2. The SMILES string of the molecule is CCC(CC)(CNC1CC2(CCCCC2)C1)C(=O)O. The van der Waals surface area contributed by atoms with Crippen LogP contribution in [0.3, 0.4) is 0 Å². The van der Waals surface area contributed by atoms with E-state index in [4.69, 9.17) is 0 Å². The van der Waals surface area contributed by atoms with Crippen molar-refractivity contribution >= 4 is 5.97 Å². The van der Waals surface area contributed by atoms with Crippen LogP contribution in [0.15, 0.2) is 0 Å². The molecule has 0 aromatic heterocycles. The second-order valence-corrected chi connectivity index (χ2v) is 6.84. The van der Waals surface area contributed by atoms with Crippen LogP contribution in [0, 0.1) is 10.8 Å². The normalized spacial score (nSPS) is 23.3. The smallest absolute Gasteiger partial charge is 0.310 e. The van der Waals surface area contributed by atoms with Gasteiger partial charge in [0.1, 0.15) is 0 Å². The average molecular weight is 267 g/mol. The summed E-state index contributed by atoms with van der Waals surface area (Å²) < 4.78 is 0. The van der Waals surface area contributed by atoms with Crippen molar-refractivity contribution in [1.29, 1.82) is 0 Å². The minimum atomic E-state index is -0.642. The van der Waals surface area contributed by atoms with E-state index in [0.29, 0.717) is 30.8 Å². The lowest BCUT2D eigenvalue weighted by molar-refractivity contribution is -0.149. The van der Waals surface area contributed by atoms with E-state index in [1.807, 2.05) is 13.8 Å². The molecule has 3 heteroatoms. The van der Waals surface area contributed by atoms with E-state index in [1.54, 1.807) is 0 Å². The third-order valence-electron chi connectivity index (χ3n) is 5.81. The molecule has 0 atom stereocenters. The number of carboxylic acids is 1. The number of carboxylic acid groups (broad SMARTS) is 1. The summed E-state index contributed by atoms with van der Waals surface area (Å²) in [4.78, 5) is 11.5. The maximum absolute atomic E-state index is 11.5. The van der Waals surface area contributed by atoms with Gasteiger partial charge in [-0.05, 0) is 43.9 Å². The molecule has 0 aromatic carbocycles. The lowest BCUT2D eigenvalue weighted by Crippen LogP contribution is -2.53. The summed E-state index contributed by atoms with van der Waals surface area (Å²) in [6, 6.07) is 0.565. The molecule has 2 aliphatic rings. The van der Waals surface area contributed by atoms with Crippen molar-refractivity contribution in [1.82, 2.24) is 5.32 Å². The Morgan fingerprint density at radius 1 is 1.21 bits per heavy atom. The van der Waals surface area contributed by atoms with Gasteiger partial charge in [-0.15, -0.1) is 0 Å². The highest BCUT2D eigenvalue weighted by atomic mass is 16.4. The standard InChI is InChI=1S/C16H29NO2/c1-3-16(4-2,14(18)19)12-17-13-10-15(11-13)8-6-5-7-9-15/h13,17H,3-12H2,1-2H3,(H,18,19). The number of carbonyl (C=O) groups is 1. The molecule has 2 aliphatic carbocycles. The number of hydrogen-bond donors (Lipinski definition) is 2. The van der Waals surface area contributed by atoms with Crippen LogP contribution in [-0.2, 0) is 4.79 Å². The molecule has 0 bridgehead atoms. The van der Waals surface area contributed by atoms with Gasteiger partial charge in [0.15, 0.2) is 0 Å². The fourth-order valence-electron chi connectivity index (χ4n) is 4.06. The largest absolute Gasteiger partial charge is 0.481 e. The zero-order chi connectivity index (χ0) is 13.9. The van der Waals surface area contributed by atoms with Crippen molar-refractivity contribution in [3.8, 4) is 0 Å². The van der Waals surface area contributed by atoms with Crippen molar-refractivity contribution < 1.29 is 9.90 Å². The van der Waals surface area contributed by atoms with Crippen molar-refractivity contribution in [2.45, 2.75) is 77.7 Å². The van der Waals surface area contributed by atoms with Crippen LogP contribution in [-0.4, -0.2) is 23.7 Å². The molecule has 0 unspecified atom stereocenters. The summed E-state index contributed by atoms with van der Waals surface area (Å²) >= 11 is 0. The van der Waals surface area contributed by atoms with E-state index in [0.717, 1.165) is 0 Å². The molecular weight excluding hydrogens is 238 g/mol. The number of hydrogen-bond acceptors (Lipinski definition) is 2. The lowest BCUT2D eigenvalue weighted by Gasteiger charge is -2.51. The van der Waals surface area contributed by atoms with Crippen LogP contribution in [0.5, 0.6) is 0 Å². The Labute approximate surface area is 117 Å². The molecule has 0 amide bonds. The van der Waals surface area contributed by atoms with E-state index in [-0.39, 0.29) is 0 Å². The Morgan fingerprint density at radius 3 is 2.26 bits per heavy atom. The first-order chi connectivity index (χ1) is 9.06. The van der Waals surface area contributed by atoms with Gasteiger partial charge < -0.3 is 10.4 Å². The van der Waals surface area contributed by atoms with Gasteiger partial charge >= 0.3 is 5.97 Å². The summed E-state index contributed by atoms with van der Waals surface area (Å²) in [5.74, 6) is -0.642. The lowest BCUT2D eigenvalue weighted by atomic mass is 9.58. The van der Waals surface area contributed by atoms with Gasteiger partial charge in [0.25, 0.3) is 0 Å². The molecule has 1 spiro atoms. The van der Waals surface area contributed by atoms with E-state index >= 15 is 0 Å². The average Bonchev–Trinajstić information content (AvgIpc) is 2.39. The third kappa shape index (κ3) is 2.96. The van der Waals surface area contributed by atoms with Gasteiger partial charge in [-0.25, -0.2) is 0 Å². The monoisotopic (exact) mass is 267 g/mol. The molecule has 19 heavy (non-hydrogen) atoms. The number of rotatable bonds is 6. The van der Waals surface area contributed by atoms with E-state index in [9.17, 15) is 9.90 Å². The summed E-state index contributed by atoms with van der Waals surface area (Å²) in [6.45, 7) is 4.61. The summed E-state index contributed by atoms with van der Waals surface area (Å²) in [5.41, 5.74) is 0.0650. The highest BCUT2D eigenvalue weighted by molar-refractivity contribution is 5.74. The first-order valence-corrected chi connectivity index (χ1v) is 8.03. The molecule has 2 rings (SSSR count). The van der Waals surface area contributed by atoms with Crippen LogP contribution < -0.4 is 5.32 Å². The van der Waals surface area contributed by atoms with Crippen LogP contribution in [0.2, 0.25) is 0 Å². The molecule has 0 aromatic rings. The molecule has 110 valence electrons. The molecule has 0 radical (unpaired) electrons. The minimum Gasteiger partial charge on any atom is -0.481 e. The predicted octanol–water partition coefficient (Wildman–Crippen LogP) is 3.58. The van der Waals surface area contributed by atoms with Crippen LogP contribution in [0.4, 0.5) is 0 Å². The maximum Gasteiger partial charge on any atom is 0.310 e. The molecule has 3 nitrogen and oxygen atoms in total. The van der Waals surface area contributed by atoms with E-state index < -0.39 is 11.4 Å². The van der Waals surface area contributed by atoms with Gasteiger partial charge in [0, 0.05) is 12.6 Å². The first kappa shape index (κ1) is 14.8. The zero-order valence-electron chi connectivity index (χ0n) is 12.5. The molecule has 0 saturated heterocycles. The Bertz CT molecular complexity index is 309. The van der Waals surface area contributed by atoms with Crippen molar-refractivity contribution in [3.05, 3.63) is 0 Å². The Hall–Kier alpha value is -0.570. The van der Waals surface area contributed by atoms with Gasteiger partial charge in [-0.2, -0.15) is 0 Å². The summed E-state index contributed by atoms with van der Waals surface area (Å²) in [5, 5.41) is 13.0. The second-order valence-electron chi connectivity index (χ2n) is 6.84. The predicted molar refractivity (Wildman–Crippen MR) is 77.2 cm³/mol. The van der Waals surface area contributed by atoms with Crippen molar-refractivity contribution in [3.63, 3.8) is 0 Å². The molecule has 0 heterocycles. The fraction of sp³-hybridized carbons (Fsp3) is 0.938. The third-order valence-corrected chi connectivity index (χ3v) is 5.81. The number of nitrogens with one attached hydrogen (secondary N) is 1. The van der Waals surface area contributed by atoms with Gasteiger partial charge in [0.05, 0.1) is 5.41 Å². The van der Waals surface area contributed by atoms with Crippen LogP contribution in [0.1, 0.15) is 71.6 Å². The Morgan fingerprint density at radius 2 is 1.79 bits per heavy atom. The van der Waals surface area contributed by atoms with Gasteiger partial charge in [-0.1, -0.05) is 33.1 Å². The first-order valence-electron chi connectivity index (χ1n) is 8.03. The van der Waals surface area contributed by atoms with Gasteiger partial charge in [0.2, 0.25) is 0 Å². The minimum absolute atomic E-state index is 0.560. The van der Waals surface area contributed by atoms with Gasteiger partial charge in [-0.3, -0.25) is 4.79 Å². The quantitative estimate of drug-likeness (QED) is 0.773. The number of aliphatic carboxylic acids is 1. The Kier molecular flexibility index (Phi) is 4.54. The molecule has 2 fully saturated rings. The summed E-state index contributed by atoms with van der Waals surface area (Å²) in [7, 11) is 0. The van der Waals surface area contributed by atoms with Crippen LogP contribution in [0.25, 0.3) is 0 Å². The second kappa shape index (κ2) is 5.82. The fourth-order valence-corrected chi connectivity index (χ4v) is 4.06. The van der Waals surface area contributed by atoms with E-state index in [2.05, 4.69) is 5.32 Å². The molecule has 2 N–H and O–H groups in total. The van der Waals surface area contributed by atoms with Crippen LogP contribution >= 0.6 is 0 Å². The van der Waals surface area contributed by atoms with Crippen molar-refractivity contribution in [2.75, 3.05) is 6.54 Å². The zero-order valence-corrected chi connectivity index (χ0v) is 12.5. The Balaban J connectivity index is 1.79. The maximum atomic E-state index is 11.5. The highest BCUT2D eigenvalue weighted by Gasteiger charge is 2.45.